The van der Waals surface area contributed by atoms with Crippen molar-refractivity contribution in [3.8, 4) is 0 Å². The van der Waals surface area contributed by atoms with Crippen LogP contribution in [0.4, 0.5) is 0 Å². The van der Waals surface area contributed by atoms with Crippen molar-refractivity contribution in [2.45, 2.75) is 19.8 Å². The van der Waals surface area contributed by atoms with Gasteiger partial charge in [-0.25, -0.2) is 15.4 Å². The SMILES string of the molecule is CCC1COCC1Cc1cncn1C.O=[N+](O)O. The van der Waals surface area contributed by atoms with Gasteiger partial charge in [0.15, 0.2) is 0 Å². The zero-order valence-electron chi connectivity index (χ0n) is 10.7. The maximum atomic E-state index is 8.47. The molecule has 0 amide bonds. The predicted octanol–water partition coefficient (Wildman–Crippen LogP) is 1.18. The van der Waals surface area contributed by atoms with Gasteiger partial charge in [0.2, 0.25) is 0 Å². The van der Waals surface area contributed by atoms with Crippen LogP contribution in [0.5, 0.6) is 0 Å². The highest BCUT2D eigenvalue weighted by Gasteiger charge is 2.27. The number of rotatable bonds is 3. The van der Waals surface area contributed by atoms with Crippen LogP contribution < -0.4 is 0 Å². The van der Waals surface area contributed by atoms with Gasteiger partial charge in [0, 0.05) is 25.5 Å². The Kier molecular flexibility index (Phi) is 5.57. The average Bonchev–Trinajstić information content (AvgIpc) is 2.88. The molecular weight excluding hydrogens is 238 g/mol. The second-order valence-corrected chi connectivity index (χ2v) is 4.42. The van der Waals surface area contributed by atoms with Crippen LogP contribution in [0.1, 0.15) is 19.0 Å². The summed E-state index contributed by atoms with van der Waals surface area (Å²) in [5.41, 5.74) is 1.32. The van der Waals surface area contributed by atoms with Crippen LogP contribution in [0.3, 0.4) is 0 Å². The van der Waals surface area contributed by atoms with Gasteiger partial charge < -0.3 is 9.30 Å². The summed E-state index contributed by atoms with van der Waals surface area (Å²) in [6, 6.07) is 0. The van der Waals surface area contributed by atoms with Gasteiger partial charge in [-0.2, -0.15) is 0 Å². The van der Waals surface area contributed by atoms with Gasteiger partial charge in [-0.3, -0.25) is 0 Å². The molecule has 102 valence electrons. The zero-order chi connectivity index (χ0) is 13.5. The van der Waals surface area contributed by atoms with Gasteiger partial charge in [0.25, 0.3) is 0 Å². The van der Waals surface area contributed by atoms with E-state index >= 15 is 0 Å². The molecule has 1 fully saturated rings. The molecule has 2 atom stereocenters. The van der Waals surface area contributed by atoms with E-state index in [-0.39, 0.29) is 0 Å². The van der Waals surface area contributed by atoms with Crippen LogP contribution in [0, 0.1) is 16.7 Å². The molecule has 1 aliphatic heterocycles. The van der Waals surface area contributed by atoms with Gasteiger partial charge in [0.05, 0.1) is 12.9 Å². The molecule has 2 rings (SSSR count). The Morgan fingerprint density at radius 2 is 2.11 bits per heavy atom. The quantitative estimate of drug-likeness (QED) is 0.795. The Morgan fingerprint density at radius 1 is 1.50 bits per heavy atom. The molecule has 7 heteroatoms. The Morgan fingerprint density at radius 3 is 2.61 bits per heavy atom. The number of aryl methyl sites for hydroxylation is 1. The normalized spacial score (nSPS) is 22.3. The summed E-state index contributed by atoms with van der Waals surface area (Å²) in [6.07, 6.45) is 6.16. The molecule has 1 aliphatic rings. The highest BCUT2D eigenvalue weighted by atomic mass is 16.9. The molecule has 0 aliphatic carbocycles. The first-order chi connectivity index (χ1) is 8.54. The molecule has 1 saturated heterocycles. The Hall–Kier alpha value is -1.63. The van der Waals surface area contributed by atoms with Crippen molar-refractivity contribution in [1.82, 2.24) is 9.55 Å². The third-order valence-corrected chi connectivity index (χ3v) is 3.24. The fourth-order valence-corrected chi connectivity index (χ4v) is 2.17. The molecule has 1 aromatic rings. The molecule has 7 nitrogen and oxygen atoms in total. The number of imidazole rings is 1. The fourth-order valence-electron chi connectivity index (χ4n) is 2.17. The lowest BCUT2D eigenvalue weighted by atomic mass is 9.90. The monoisotopic (exact) mass is 258 g/mol. The number of hydrogen-bond acceptors (Lipinski definition) is 3. The van der Waals surface area contributed by atoms with E-state index in [0.29, 0.717) is 5.92 Å². The van der Waals surface area contributed by atoms with Crippen LogP contribution in [-0.2, 0) is 18.2 Å². The van der Waals surface area contributed by atoms with Crippen molar-refractivity contribution < 1.29 is 20.2 Å². The molecular formula is C11H20N3O4+. The maximum Gasteiger partial charge on any atom is 0.472 e. The van der Waals surface area contributed by atoms with Gasteiger partial charge >= 0.3 is 5.09 Å². The third kappa shape index (κ3) is 4.33. The van der Waals surface area contributed by atoms with Crippen LogP contribution in [0.2, 0.25) is 0 Å². The molecule has 18 heavy (non-hydrogen) atoms. The van der Waals surface area contributed by atoms with Crippen molar-refractivity contribution in [1.29, 1.82) is 0 Å². The first-order valence-electron chi connectivity index (χ1n) is 5.92. The minimum absolute atomic E-state index is 0.690. The van der Waals surface area contributed by atoms with Crippen molar-refractivity contribution >= 4 is 0 Å². The minimum atomic E-state index is -1.25. The first kappa shape index (κ1) is 14.4. The van der Waals surface area contributed by atoms with Gasteiger partial charge in [-0.1, -0.05) is 13.3 Å². The smallest absolute Gasteiger partial charge is 0.381 e. The van der Waals surface area contributed by atoms with E-state index < -0.39 is 5.09 Å². The van der Waals surface area contributed by atoms with E-state index in [1.807, 2.05) is 12.5 Å². The van der Waals surface area contributed by atoms with Crippen molar-refractivity contribution in [2.24, 2.45) is 18.9 Å². The summed E-state index contributed by atoms with van der Waals surface area (Å²) < 4.78 is 7.62. The number of aromatic nitrogens is 2. The molecule has 2 unspecified atom stereocenters. The van der Waals surface area contributed by atoms with Crippen molar-refractivity contribution in [3.63, 3.8) is 0 Å². The third-order valence-electron chi connectivity index (χ3n) is 3.24. The Labute approximate surface area is 106 Å². The number of hydrogen-bond donors (Lipinski definition) is 2. The summed E-state index contributed by atoms with van der Waals surface area (Å²) in [5.74, 6) is 1.43. The number of ether oxygens (including phenoxy) is 1. The highest BCUT2D eigenvalue weighted by Crippen LogP contribution is 2.26. The summed E-state index contributed by atoms with van der Waals surface area (Å²) in [4.78, 5) is 12.6. The maximum absolute atomic E-state index is 8.47. The summed E-state index contributed by atoms with van der Waals surface area (Å²) in [5, 5.41) is 12.5. The van der Waals surface area contributed by atoms with Crippen LogP contribution in [-0.4, -0.2) is 38.3 Å². The van der Waals surface area contributed by atoms with Gasteiger partial charge in [-0.15, -0.1) is 0 Å². The second kappa shape index (κ2) is 6.95. The van der Waals surface area contributed by atoms with Crippen LogP contribution in [0.15, 0.2) is 12.5 Å². The van der Waals surface area contributed by atoms with Crippen LogP contribution in [0.25, 0.3) is 0 Å². The van der Waals surface area contributed by atoms with Gasteiger partial charge in [-0.05, 0) is 18.3 Å². The van der Waals surface area contributed by atoms with E-state index in [9.17, 15) is 0 Å². The second-order valence-electron chi connectivity index (χ2n) is 4.42. The average molecular weight is 258 g/mol. The standard InChI is InChI=1S/C11H18N2O.H2NO3/c1-3-9-6-14-7-10(9)4-11-5-12-8-13(11)2;2-1(3)4/h5,8-10H,3-4,6-7H2,1-2H3;(H2,2,3,4)/q;+1. The molecule has 0 aromatic carbocycles. The first-order valence-corrected chi connectivity index (χ1v) is 5.92. The lowest BCUT2D eigenvalue weighted by Gasteiger charge is -2.15. The Bertz CT molecular complexity index is 376. The van der Waals surface area contributed by atoms with E-state index in [1.165, 1.54) is 12.1 Å². The minimum Gasteiger partial charge on any atom is -0.381 e. The predicted molar refractivity (Wildman–Crippen MR) is 62.2 cm³/mol. The largest absolute Gasteiger partial charge is 0.472 e. The topological polar surface area (TPSA) is 87.6 Å². The molecule has 0 radical (unpaired) electrons. The van der Waals surface area contributed by atoms with Gasteiger partial charge in [0.1, 0.15) is 4.91 Å². The zero-order valence-corrected chi connectivity index (χ0v) is 10.7. The molecule has 1 aromatic heterocycles. The molecule has 0 spiro atoms. The van der Waals surface area contributed by atoms with Crippen LogP contribution >= 0.6 is 0 Å². The Balaban J connectivity index is 0.000000357. The lowest BCUT2D eigenvalue weighted by molar-refractivity contribution is -0.969. The van der Waals surface area contributed by atoms with Crippen molar-refractivity contribution in [2.75, 3.05) is 13.2 Å². The number of nitrogens with zero attached hydrogens (tertiary/aromatic N) is 3. The van der Waals surface area contributed by atoms with E-state index in [2.05, 4.69) is 23.5 Å². The van der Waals surface area contributed by atoms with E-state index in [4.69, 9.17) is 20.1 Å². The molecule has 0 bridgehead atoms. The highest BCUT2D eigenvalue weighted by molar-refractivity contribution is 5.00. The molecule has 2 heterocycles. The molecule has 0 saturated carbocycles. The molecule has 2 N–H and O–H groups in total. The lowest BCUT2D eigenvalue weighted by Crippen LogP contribution is -2.15. The summed E-state index contributed by atoms with van der Waals surface area (Å²) in [7, 11) is 2.05. The summed E-state index contributed by atoms with van der Waals surface area (Å²) >= 11 is 0. The fraction of sp³-hybridized carbons (Fsp3) is 0.727. The summed E-state index contributed by atoms with van der Waals surface area (Å²) in [6.45, 7) is 4.11. The van der Waals surface area contributed by atoms with Crippen molar-refractivity contribution in [3.05, 3.63) is 23.1 Å². The van der Waals surface area contributed by atoms with E-state index in [0.717, 1.165) is 25.6 Å². The van der Waals surface area contributed by atoms with E-state index in [1.54, 1.807) is 0 Å².